The lowest BCUT2D eigenvalue weighted by Crippen LogP contribution is -2.29. The summed E-state index contributed by atoms with van der Waals surface area (Å²) in [6, 6.07) is 9.76. The lowest BCUT2D eigenvalue weighted by Gasteiger charge is -2.22. The minimum Gasteiger partial charge on any atom is -0.367 e. The second-order valence-corrected chi connectivity index (χ2v) is 6.29. The quantitative estimate of drug-likeness (QED) is 0.835. The van der Waals surface area contributed by atoms with Gasteiger partial charge in [0.1, 0.15) is 12.1 Å². The number of hydrogen-bond donors (Lipinski definition) is 0. The van der Waals surface area contributed by atoms with Gasteiger partial charge in [0.05, 0.1) is 0 Å². The average molecular weight is 339 g/mol. The van der Waals surface area contributed by atoms with Gasteiger partial charge in [0.2, 0.25) is 0 Å². The van der Waals surface area contributed by atoms with Crippen LogP contribution >= 0.6 is 0 Å². The predicted octanol–water partition coefficient (Wildman–Crippen LogP) is 3.65. The van der Waals surface area contributed by atoms with Crippen molar-refractivity contribution in [1.29, 1.82) is 0 Å². The van der Waals surface area contributed by atoms with Gasteiger partial charge in [-0.1, -0.05) is 30.3 Å². The molecular formula is C17H20F3N3O. The van der Waals surface area contributed by atoms with E-state index in [0.29, 0.717) is 31.7 Å². The zero-order valence-electron chi connectivity index (χ0n) is 13.5. The number of rotatable bonds is 5. The minimum absolute atomic E-state index is 0.278. The largest absolute Gasteiger partial charge is 0.408 e. The Morgan fingerprint density at radius 1 is 1.21 bits per heavy atom. The van der Waals surface area contributed by atoms with Crippen LogP contribution in [0.2, 0.25) is 0 Å². The monoisotopic (exact) mass is 339 g/mol. The Hall–Kier alpha value is -1.89. The Kier molecular flexibility index (Phi) is 4.62. The molecular weight excluding hydrogens is 319 g/mol. The summed E-state index contributed by atoms with van der Waals surface area (Å²) in [7, 11) is 0. The lowest BCUT2D eigenvalue weighted by molar-refractivity contribution is -0.144. The van der Waals surface area contributed by atoms with E-state index in [-0.39, 0.29) is 5.82 Å². The van der Waals surface area contributed by atoms with Crippen LogP contribution in [0.15, 0.2) is 30.3 Å². The van der Waals surface area contributed by atoms with E-state index in [4.69, 9.17) is 4.74 Å². The molecule has 2 aromatic rings. The summed E-state index contributed by atoms with van der Waals surface area (Å²) in [5, 5.41) is 4.11. The van der Waals surface area contributed by atoms with Crippen molar-refractivity contribution in [2.45, 2.75) is 50.9 Å². The van der Waals surface area contributed by atoms with Gasteiger partial charge in [-0.2, -0.15) is 18.3 Å². The molecule has 1 atom stereocenters. The van der Waals surface area contributed by atoms with Gasteiger partial charge in [0.15, 0.2) is 11.6 Å². The van der Waals surface area contributed by atoms with Crippen LogP contribution in [0.25, 0.3) is 0 Å². The highest BCUT2D eigenvalue weighted by atomic mass is 19.4. The predicted molar refractivity (Wildman–Crippen MR) is 82.5 cm³/mol. The standard InChI is InChI=1S/C17H20F3N3O/c1-16(10-5-11-24-16)15-21-14(22-23(15)12-17(18,19)20)9-8-13-6-3-2-4-7-13/h2-4,6-7H,5,8-12H2,1H3. The summed E-state index contributed by atoms with van der Waals surface area (Å²) < 4.78 is 45.2. The molecule has 2 heterocycles. The summed E-state index contributed by atoms with van der Waals surface area (Å²) in [6.07, 6.45) is -1.68. The van der Waals surface area contributed by atoms with Crippen LogP contribution in [0, 0.1) is 0 Å². The second kappa shape index (κ2) is 6.55. The summed E-state index contributed by atoms with van der Waals surface area (Å²) in [5.41, 5.74) is 0.318. The number of nitrogens with zero attached hydrogens (tertiary/aromatic N) is 3. The first-order chi connectivity index (χ1) is 11.4. The number of aryl methyl sites for hydroxylation is 2. The zero-order chi connectivity index (χ0) is 17.2. The van der Waals surface area contributed by atoms with E-state index in [1.165, 1.54) is 0 Å². The first-order valence-corrected chi connectivity index (χ1v) is 8.05. The molecule has 0 radical (unpaired) electrons. The first kappa shape index (κ1) is 17.0. The van der Waals surface area contributed by atoms with Crippen molar-refractivity contribution in [3.8, 4) is 0 Å². The summed E-state index contributed by atoms with van der Waals surface area (Å²) in [5.74, 6) is 0.704. The van der Waals surface area contributed by atoms with Crippen molar-refractivity contribution in [1.82, 2.24) is 14.8 Å². The minimum atomic E-state index is -4.34. The molecule has 0 aliphatic carbocycles. The molecule has 24 heavy (non-hydrogen) atoms. The molecule has 0 spiro atoms. The highest BCUT2D eigenvalue weighted by Crippen LogP contribution is 2.35. The normalized spacial score (nSPS) is 21.3. The van der Waals surface area contributed by atoms with E-state index in [9.17, 15) is 13.2 Å². The Bertz CT molecular complexity index is 676. The van der Waals surface area contributed by atoms with Crippen molar-refractivity contribution in [3.63, 3.8) is 0 Å². The van der Waals surface area contributed by atoms with E-state index in [0.717, 1.165) is 16.7 Å². The van der Waals surface area contributed by atoms with Gasteiger partial charge in [-0.05, 0) is 31.7 Å². The molecule has 0 amide bonds. The van der Waals surface area contributed by atoms with E-state index in [1.54, 1.807) is 6.92 Å². The molecule has 1 unspecified atom stereocenters. The third kappa shape index (κ3) is 3.95. The van der Waals surface area contributed by atoms with Crippen molar-refractivity contribution in [3.05, 3.63) is 47.5 Å². The Morgan fingerprint density at radius 2 is 1.96 bits per heavy atom. The van der Waals surface area contributed by atoms with E-state index in [2.05, 4.69) is 10.1 Å². The molecule has 0 saturated carbocycles. The molecule has 1 saturated heterocycles. The second-order valence-electron chi connectivity index (χ2n) is 6.29. The molecule has 1 aromatic heterocycles. The first-order valence-electron chi connectivity index (χ1n) is 8.05. The molecule has 3 rings (SSSR count). The molecule has 0 bridgehead atoms. The van der Waals surface area contributed by atoms with Crippen LogP contribution in [0.1, 0.15) is 37.0 Å². The van der Waals surface area contributed by atoms with Gasteiger partial charge in [0.25, 0.3) is 0 Å². The van der Waals surface area contributed by atoms with Crippen LogP contribution in [-0.4, -0.2) is 27.5 Å². The van der Waals surface area contributed by atoms with Gasteiger partial charge in [-0.25, -0.2) is 9.67 Å². The fourth-order valence-corrected chi connectivity index (χ4v) is 3.02. The maximum absolute atomic E-state index is 12.9. The van der Waals surface area contributed by atoms with Crippen molar-refractivity contribution in [2.24, 2.45) is 0 Å². The zero-order valence-corrected chi connectivity index (χ0v) is 13.5. The van der Waals surface area contributed by atoms with Gasteiger partial charge in [0, 0.05) is 13.0 Å². The number of ether oxygens (including phenoxy) is 1. The van der Waals surface area contributed by atoms with Gasteiger partial charge in [-0.3, -0.25) is 0 Å². The summed E-state index contributed by atoms with van der Waals surface area (Å²) >= 11 is 0. The third-order valence-corrected chi connectivity index (χ3v) is 4.22. The van der Waals surface area contributed by atoms with E-state index in [1.807, 2.05) is 30.3 Å². The summed E-state index contributed by atoms with van der Waals surface area (Å²) in [4.78, 5) is 4.39. The van der Waals surface area contributed by atoms with Crippen LogP contribution in [-0.2, 0) is 29.7 Å². The van der Waals surface area contributed by atoms with Crippen molar-refractivity contribution < 1.29 is 17.9 Å². The molecule has 7 heteroatoms. The number of benzene rings is 1. The maximum atomic E-state index is 12.9. The number of alkyl halides is 3. The van der Waals surface area contributed by atoms with Crippen molar-refractivity contribution in [2.75, 3.05) is 6.61 Å². The number of hydrogen-bond acceptors (Lipinski definition) is 3. The fraction of sp³-hybridized carbons (Fsp3) is 0.529. The topological polar surface area (TPSA) is 39.9 Å². The smallest absolute Gasteiger partial charge is 0.367 e. The molecule has 1 aromatic carbocycles. The Labute approximate surface area is 138 Å². The van der Waals surface area contributed by atoms with E-state index < -0.39 is 18.3 Å². The summed E-state index contributed by atoms with van der Waals surface area (Å²) in [6.45, 7) is 1.19. The van der Waals surface area contributed by atoms with Crippen LogP contribution in [0.3, 0.4) is 0 Å². The van der Waals surface area contributed by atoms with Crippen LogP contribution in [0.4, 0.5) is 13.2 Å². The maximum Gasteiger partial charge on any atom is 0.408 e. The van der Waals surface area contributed by atoms with Crippen molar-refractivity contribution >= 4 is 0 Å². The van der Waals surface area contributed by atoms with Crippen LogP contribution in [0.5, 0.6) is 0 Å². The molecule has 1 aliphatic heterocycles. The highest BCUT2D eigenvalue weighted by molar-refractivity contribution is 5.16. The third-order valence-electron chi connectivity index (χ3n) is 4.22. The molecule has 4 nitrogen and oxygen atoms in total. The number of halogens is 3. The molecule has 0 N–H and O–H groups in total. The highest BCUT2D eigenvalue weighted by Gasteiger charge is 2.40. The van der Waals surface area contributed by atoms with Gasteiger partial charge >= 0.3 is 6.18 Å². The Balaban J connectivity index is 1.82. The van der Waals surface area contributed by atoms with E-state index >= 15 is 0 Å². The number of aromatic nitrogens is 3. The average Bonchev–Trinajstić information content (AvgIpc) is 3.12. The Morgan fingerprint density at radius 3 is 2.58 bits per heavy atom. The van der Waals surface area contributed by atoms with Gasteiger partial charge < -0.3 is 4.74 Å². The SMILES string of the molecule is CC1(c2nc(CCc3ccccc3)nn2CC(F)(F)F)CCCO1. The molecule has 130 valence electrons. The lowest BCUT2D eigenvalue weighted by atomic mass is 10.0. The van der Waals surface area contributed by atoms with Crippen LogP contribution < -0.4 is 0 Å². The molecule has 1 aliphatic rings. The van der Waals surface area contributed by atoms with Gasteiger partial charge in [-0.15, -0.1) is 0 Å². The molecule has 1 fully saturated rings. The fourth-order valence-electron chi connectivity index (χ4n) is 3.02.